The van der Waals surface area contributed by atoms with Crippen molar-refractivity contribution >= 4 is 5.91 Å². The monoisotopic (exact) mass is 422 g/mol. The summed E-state index contributed by atoms with van der Waals surface area (Å²) in [6.07, 6.45) is 2.79. The lowest BCUT2D eigenvalue weighted by Crippen LogP contribution is -2.27. The van der Waals surface area contributed by atoms with Crippen LogP contribution in [0.5, 0.6) is 11.5 Å². The van der Waals surface area contributed by atoms with E-state index in [0.29, 0.717) is 50.1 Å². The van der Waals surface area contributed by atoms with Gasteiger partial charge in [-0.05, 0) is 50.1 Å². The molecule has 3 aromatic rings. The maximum absolute atomic E-state index is 12.5. The zero-order valence-electron chi connectivity index (χ0n) is 17.8. The van der Waals surface area contributed by atoms with Crippen molar-refractivity contribution in [1.82, 2.24) is 20.0 Å². The Morgan fingerprint density at radius 3 is 2.74 bits per heavy atom. The van der Waals surface area contributed by atoms with Gasteiger partial charge in [-0.15, -0.1) is 0 Å². The van der Waals surface area contributed by atoms with Crippen molar-refractivity contribution in [2.45, 2.75) is 32.6 Å². The predicted molar refractivity (Wildman–Crippen MR) is 114 cm³/mol. The maximum atomic E-state index is 12.5. The summed E-state index contributed by atoms with van der Waals surface area (Å²) >= 11 is 0. The van der Waals surface area contributed by atoms with Gasteiger partial charge in [-0.1, -0.05) is 17.3 Å². The van der Waals surface area contributed by atoms with Crippen LogP contribution < -0.4 is 9.47 Å². The molecule has 4 rings (SSSR count). The smallest absolute Gasteiger partial charge is 0.276 e. The fourth-order valence-corrected chi connectivity index (χ4v) is 3.67. The number of pyridine rings is 1. The lowest BCUT2D eigenvalue weighted by atomic mass is 10.1. The van der Waals surface area contributed by atoms with E-state index in [1.165, 1.54) is 0 Å². The predicted octanol–water partition coefficient (Wildman–Crippen LogP) is 3.49. The highest BCUT2D eigenvalue weighted by Crippen LogP contribution is 2.30. The minimum atomic E-state index is -0.0759. The molecular weight excluding hydrogens is 396 g/mol. The average molecular weight is 422 g/mol. The Bertz CT molecular complexity index is 1020. The van der Waals surface area contributed by atoms with Gasteiger partial charge < -0.3 is 18.9 Å². The molecule has 1 unspecified atom stereocenters. The Hall–Kier alpha value is -3.42. The highest BCUT2D eigenvalue weighted by molar-refractivity contribution is 5.79. The third kappa shape index (κ3) is 4.84. The molecule has 0 N–H and O–H groups in total. The maximum Gasteiger partial charge on any atom is 0.276 e. The zero-order valence-corrected chi connectivity index (χ0v) is 17.8. The number of aromatic nitrogens is 3. The molecule has 1 atom stereocenters. The summed E-state index contributed by atoms with van der Waals surface area (Å²) in [4.78, 5) is 23.1. The highest BCUT2D eigenvalue weighted by Gasteiger charge is 2.33. The van der Waals surface area contributed by atoms with Crippen LogP contribution in [0.1, 0.15) is 37.6 Å². The van der Waals surface area contributed by atoms with Crippen LogP contribution in [-0.2, 0) is 11.2 Å². The summed E-state index contributed by atoms with van der Waals surface area (Å²) in [5.74, 6) is 2.43. The molecule has 0 aliphatic carbocycles. The van der Waals surface area contributed by atoms with Gasteiger partial charge in [0, 0.05) is 31.6 Å². The Morgan fingerprint density at radius 2 is 1.97 bits per heavy atom. The number of carbonyl (C=O) groups is 1. The number of amides is 1. The molecule has 1 aromatic carbocycles. The Labute approximate surface area is 181 Å². The van der Waals surface area contributed by atoms with Crippen LogP contribution in [0, 0.1) is 0 Å². The van der Waals surface area contributed by atoms with E-state index in [1.807, 2.05) is 55.1 Å². The number of likely N-dealkylation sites (tertiary alicyclic amines) is 1. The minimum absolute atomic E-state index is 0.0759. The summed E-state index contributed by atoms with van der Waals surface area (Å²) in [6.45, 7) is 6.25. The fraction of sp³-hybridized carbons (Fsp3) is 0.391. The first-order chi connectivity index (χ1) is 15.2. The van der Waals surface area contributed by atoms with Crippen LogP contribution in [0.3, 0.4) is 0 Å². The molecule has 0 spiro atoms. The van der Waals surface area contributed by atoms with Crippen molar-refractivity contribution in [3.8, 4) is 23.1 Å². The van der Waals surface area contributed by atoms with E-state index < -0.39 is 0 Å². The Morgan fingerprint density at radius 1 is 1.13 bits per heavy atom. The van der Waals surface area contributed by atoms with Gasteiger partial charge in [-0.2, -0.15) is 4.98 Å². The Balaban J connectivity index is 1.38. The topological polar surface area (TPSA) is 90.6 Å². The number of rotatable bonds is 9. The molecule has 1 amide bonds. The minimum Gasteiger partial charge on any atom is -0.490 e. The normalized spacial score (nSPS) is 16.0. The molecule has 0 radical (unpaired) electrons. The van der Waals surface area contributed by atoms with Crippen LogP contribution in [0.25, 0.3) is 11.6 Å². The molecule has 3 heterocycles. The van der Waals surface area contributed by atoms with Crippen LogP contribution in [-0.4, -0.2) is 52.2 Å². The highest BCUT2D eigenvalue weighted by atomic mass is 16.5. The molecule has 0 saturated carbocycles. The molecule has 1 fully saturated rings. The van der Waals surface area contributed by atoms with E-state index >= 15 is 0 Å². The molecule has 0 bridgehead atoms. The second kappa shape index (κ2) is 9.59. The first-order valence-electron chi connectivity index (χ1n) is 10.6. The number of carbonyl (C=O) groups excluding carboxylic acids is 1. The fourth-order valence-electron chi connectivity index (χ4n) is 3.67. The van der Waals surface area contributed by atoms with E-state index in [2.05, 4.69) is 15.1 Å². The first kappa shape index (κ1) is 20.8. The van der Waals surface area contributed by atoms with Gasteiger partial charge >= 0.3 is 0 Å². The first-order valence-corrected chi connectivity index (χ1v) is 10.6. The molecule has 8 nitrogen and oxygen atoms in total. The lowest BCUT2D eigenvalue weighted by Gasteiger charge is -2.17. The third-order valence-corrected chi connectivity index (χ3v) is 5.18. The van der Waals surface area contributed by atoms with Gasteiger partial charge in [0.1, 0.15) is 5.69 Å². The SMILES string of the molecule is CCOc1ccc(CCN2CC(c3noc(-c4ccccn4)n3)CC2=O)cc1OCC. The van der Waals surface area contributed by atoms with E-state index in [1.54, 1.807) is 6.20 Å². The Kier molecular flexibility index (Phi) is 6.45. The molecule has 162 valence electrons. The van der Waals surface area contributed by atoms with E-state index in [0.717, 1.165) is 23.5 Å². The van der Waals surface area contributed by atoms with Crippen LogP contribution in [0.15, 0.2) is 47.1 Å². The lowest BCUT2D eigenvalue weighted by molar-refractivity contribution is -0.127. The molecule has 1 aliphatic heterocycles. The van der Waals surface area contributed by atoms with Crippen molar-refractivity contribution in [2.75, 3.05) is 26.3 Å². The van der Waals surface area contributed by atoms with Crippen LogP contribution >= 0.6 is 0 Å². The van der Waals surface area contributed by atoms with Gasteiger partial charge in [-0.3, -0.25) is 9.78 Å². The van der Waals surface area contributed by atoms with E-state index in [4.69, 9.17) is 14.0 Å². The van der Waals surface area contributed by atoms with Gasteiger partial charge in [0.05, 0.1) is 13.2 Å². The number of hydrogen-bond donors (Lipinski definition) is 0. The summed E-state index contributed by atoms with van der Waals surface area (Å²) in [5.41, 5.74) is 1.73. The van der Waals surface area contributed by atoms with Gasteiger partial charge in [0.2, 0.25) is 5.91 Å². The standard InChI is InChI=1S/C23H26N4O4/c1-3-29-19-9-8-16(13-20(19)30-4-2)10-12-27-15-17(14-21(27)28)22-25-23(31-26-22)18-7-5-6-11-24-18/h5-9,11,13,17H,3-4,10,12,14-15H2,1-2H3. The van der Waals surface area contributed by atoms with Crippen LogP contribution in [0.2, 0.25) is 0 Å². The third-order valence-electron chi connectivity index (χ3n) is 5.18. The second-order valence-electron chi connectivity index (χ2n) is 7.31. The van der Waals surface area contributed by atoms with Crippen LogP contribution in [0.4, 0.5) is 0 Å². The van der Waals surface area contributed by atoms with Gasteiger partial charge in [0.15, 0.2) is 17.3 Å². The number of nitrogens with zero attached hydrogens (tertiary/aromatic N) is 4. The zero-order chi connectivity index (χ0) is 21.6. The molecule has 1 aliphatic rings. The van der Waals surface area contributed by atoms with Gasteiger partial charge in [0.25, 0.3) is 5.89 Å². The number of benzene rings is 1. The molecular formula is C23H26N4O4. The van der Waals surface area contributed by atoms with E-state index in [-0.39, 0.29) is 11.8 Å². The molecule has 8 heteroatoms. The largest absolute Gasteiger partial charge is 0.490 e. The average Bonchev–Trinajstić information content (AvgIpc) is 3.42. The summed E-state index contributed by atoms with van der Waals surface area (Å²) in [6, 6.07) is 11.4. The quantitative estimate of drug-likeness (QED) is 0.521. The summed E-state index contributed by atoms with van der Waals surface area (Å²) in [5, 5.41) is 4.09. The van der Waals surface area contributed by atoms with Gasteiger partial charge in [-0.25, -0.2) is 0 Å². The summed E-state index contributed by atoms with van der Waals surface area (Å²) < 4.78 is 16.7. The molecule has 2 aromatic heterocycles. The van der Waals surface area contributed by atoms with E-state index in [9.17, 15) is 4.79 Å². The van der Waals surface area contributed by atoms with Crippen molar-refractivity contribution < 1.29 is 18.8 Å². The van der Waals surface area contributed by atoms with Crippen molar-refractivity contribution in [1.29, 1.82) is 0 Å². The number of ether oxygens (including phenoxy) is 2. The van der Waals surface area contributed by atoms with Crippen molar-refractivity contribution in [3.05, 3.63) is 54.0 Å². The second-order valence-corrected chi connectivity index (χ2v) is 7.31. The van der Waals surface area contributed by atoms with Crippen molar-refractivity contribution in [3.63, 3.8) is 0 Å². The summed E-state index contributed by atoms with van der Waals surface area (Å²) in [7, 11) is 0. The molecule has 31 heavy (non-hydrogen) atoms. The molecule has 1 saturated heterocycles. The van der Waals surface area contributed by atoms with Crippen molar-refractivity contribution in [2.24, 2.45) is 0 Å². The number of hydrogen-bond acceptors (Lipinski definition) is 7.